The average Bonchev–Trinajstić information content (AvgIpc) is 3.31. The Hall–Kier alpha value is -3.96. The minimum Gasteiger partial charge on any atom is -0.481 e. The molecule has 198 valence electrons. The third kappa shape index (κ3) is 8.02. The predicted molar refractivity (Wildman–Crippen MR) is 126 cm³/mol. The number of halogens is 3. The number of carbonyl (C=O) groups is 2. The number of nitrogens with one attached hydrogen (secondary N) is 1. The van der Waals surface area contributed by atoms with Crippen LogP contribution < -0.4 is 5.32 Å². The van der Waals surface area contributed by atoms with Crippen LogP contribution in [0.5, 0.6) is 0 Å². The molecule has 0 bridgehead atoms. The Morgan fingerprint density at radius 1 is 1.11 bits per heavy atom. The number of rotatable bonds is 8. The SMILES string of the molecule is Cc1nc2c(cc1CCc1noc(CCC(C(=O)O)c3ccccc3)n1)CCCN2.O=C(O)C(F)(F)F. The van der Waals surface area contributed by atoms with Gasteiger partial charge in [0.15, 0.2) is 5.82 Å². The topological polar surface area (TPSA) is 138 Å². The standard InChI is InChI=1S/C23H26N4O3.C2HF3O2/c1-15-17(14-18-8-5-13-24-22(18)25-15)9-11-20-26-21(30-27-20)12-10-19(23(28)29)16-6-3-2-4-7-16;3-2(4,5)1(6)7/h2-4,6-7,14,19H,5,8-13H2,1H3,(H,24,25)(H,28,29);(H,6,7). The van der Waals surface area contributed by atoms with Gasteiger partial charge in [0.2, 0.25) is 5.89 Å². The maximum Gasteiger partial charge on any atom is 0.490 e. The summed E-state index contributed by atoms with van der Waals surface area (Å²) in [5, 5.41) is 24.1. The van der Waals surface area contributed by atoms with E-state index in [1.54, 1.807) is 0 Å². The first kappa shape index (κ1) is 27.6. The van der Waals surface area contributed by atoms with Crippen LogP contribution in [-0.2, 0) is 35.3 Å². The third-order valence-electron chi connectivity index (χ3n) is 5.83. The Labute approximate surface area is 210 Å². The molecule has 3 N–H and O–H groups in total. The number of aryl methyl sites for hydroxylation is 5. The molecule has 2 aromatic heterocycles. The minimum atomic E-state index is -5.08. The zero-order chi connectivity index (χ0) is 27.0. The second kappa shape index (κ2) is 12.3. The highest BCUT2D eigenvalue weighted by atomic mass is 19.4. The Morgan fingerprint density at radius 2 is 1.81 bits per heavy atom. The molecule has 1 atom stereocenters. The molecule has 0 amide bonds. The van der Waals surface area contributed by atoms with Crippen molar-refractivity contribution >= 4 is 17.8 Å². The second-order valence-corrected chi connectivity index (χ2v) is 8.52. The van der Waals surface area contributed by atoms with Crippen molar-refractivity contribution in [2.45, 2.75) is 57.5 Å². The van der Waals surface area contributed by atoms with Crippen molar-refractivity contribution in [1.29, 1.82) is 0 Å². The molecule has 1 aromatic carbocycles. The Bertz CT molecular complexity index is 1210. The number of hydrogen-bond acceptors (Lipinski definition) is 7. The van der Waals surface area contributed by atoms with Crippen molar-refractivity contribution in [3.05, 3.63) is 70.5 Å². The number of aliphatic carboxylic acids is 2. The molecule has 1 aliphatic heterocycles. The van der Waals surface area contributed by atoms with Crippen LogP contribution >= 0.6 is 0 Å². The summed E-state index contributed by atoms with van der Waals surface area (Å²) < 4.78 is 37.1. The fourth-order valence-corrected chi connectivity index (χ4v) is 3.90. The van der Waals surface area contributed by atoms with Crippen LogP contribution in [0.2, 0.25) is 0 Å². The van der Waals surface area contributed by atoms with Gasteiger partial charge in [0.05, 0.1) is 5.92 Å². The molecule has 12 heteroatoms. The van der Waals surface area contributed by atoms with Crippen molar-refractivity contribution < 1.29 is 37.5 Å². The van der Waals surface area contributed by atoms with Crippen molar-refractivity contribution in [3.63, 3.8) is 0 Å². The van der Waals surface area contributed by atoms with Crippen molar-refractivity contribution in [2.75, 3.05) is 11.9 Å². The highest BCUT2D eigenvalue weighted by molar-refractivity contribution is 5.76. The van der Waals surface area contributed by atoms with E-state index in [0.29, 0.717) is 31.0 Å². The van der Waals surface area contributed by atoms with Crippen LogP contribution in [0.3, 0.4) is 0 Å². The van der Waals surface area contributed by atoms with Gasteiger partial charge in [-0.15, -0.1) is 0 Å². The van der Waals surface area contributed by atoms with Gasteiger partial charge in [0.25, 0.3) is 0 Å². The molecular weight excluding hydrogens is 493 g/mol. The van der Waals surface area contributed by atoms with E-state index in [0.717, 1.165) is 42.9 Å². The fourth-order valence-electron chi connectivity index (χ4n) is 3.90. The largest absolute Gasteiger partial charge is 0.490 e. The van der Waals surface area contributed by atoms with Gasteiger partial charge in [-0.3, -0.25) is 4.79 Å². The molecule has 1 unspecified atom stereocenters. The zero-order valence-corrected chi connectivity index (χ0v) is 20.1. The summed E-state index contributed by atoms with van der Waals surface area (Å²) in [6.07, 6.45) is -0.579. The maximum absolute atomic E-state index is 11.6. The van der Waals surface area contributed by atoms with Crippen molar-refractivity contribution in [3.8, 4) is 0 Å². The molecule has 9 nitrogen and oxygen atoms in total. The number of anilines is 1. The number of carboxylic acids is 2. The molecule has 0 fully saturated rings. The predicted octanol–water partition coefficient (Wildman–Crippen LogP) is 4.35. The van der Waals surface area contributed by atoms with E-state index in [1.807, 2.05) is 37.3 Å². The second-order valence-electron chi connectivity index (χ2n) is 8.52. The Kier molecular flexibility index (Phi) is 9.20. The number of benzene rings is 1. The number of alkyl halides is 3. The normalized spacial score (nSPS) is 13.5. The lowest BCUT2D eigenvalue weighted by atomic mass is 9.94. The molecule has 37 heavy (non-hydrogen) atoms. The molecule has 3 heterocycles. The van der Waals surface area contributed by atoms with Crippen LogP contribution in [0, 0.1) is 6.92 Å². The number of aromatic nitrogens is 3. The number of fused-ring (bicyclic) bond motifs is 1. The third-order valence-corrected chi connectivity index (χ3v) is 5.83. The maximum atomic E-state index is 11.6. The molecule has 1 aliphatic rings. The first-order chi connectivity index (χ1) is 17.5. The van der Waals surface area contributed by atoms with Crippen molar-refractivity contribution in [2.24, 2.45) is 0 Å². The van der Waals surface area contributed by atoms with Gasteiger partial charge in [-0.2, -0.15) is 18.2 Å². The van der Waals surface area contributed by atoms with Gasteiger partial charge < -0.3 is 20.1 Å². The summed E-state index contributed by atoms with van der Waals surface area (Å²) in [5.74, 6) is -2.04. The average molecular weight is 521 g/mol. The fraction of sp³-hybridized carbons (Fsp3) is 0.400. The van der Waals surface area contributed by atoms with Gasteiger partial charge in [-0.1, -0.05) is 41.6 Å². The number of pyridine rings is 1. The van der Waals surface area contributed by atoms with Crippen LogP contribution in [0.1, 0.15) is 52.9 Å². The molecule has 4 rings (SSSR count). The summed E-state index contributed by atoms with van der Waals surface area (Å²) in [5.41, 5.74) is 4.30. The van der Waals surface area contributed by atoms with Gasteiger partial charge in [0, 0.05) is 25.1 Å². The molecular formula is C25H27F3N4O5. The van der Waals surface area contributed by atoms with Crippen LogP contribution in [0.25, 0.3) is 0 Å². The van der Waals surface area contributed by atoms with E-state index < -0.39 is 24.0 Å². The van der Waals surface area contributed by atoms with Crippen LogP contribution in [0.4, 0.5) is 19.0 Å². The number of carboxylic acid groups (broad SMARTS) is 2. The van der Waals surface area contributed by atoms with E-state index >= 15 is 0 Å². The summed E-state index contributed by atoms with van der Waals surface area (Å²) in [6.45, 7) is 3.01. The van der Waals surface area contributed by atoms with E-state index in [-0.39, 0.29) is 0 Å². The van der Waals surface area contributed by atoms with Gasteiger partial charge in [-0.25, -0.2) is 9.78 Å². The molecule has 0 radical (unpaired) electrons. The zero-order valence-electron chi connectivity index (χ0n) is 20.1. The van der Waals surface area contributed by atoms with Crippen LogP contribution in [-0.4, -0.2) is 50.0 Å². The molecule has 0 spiro atoms. The summed E-state index contributed by atoms with van der Waals surface area (Å²) in [6, 6.07) is 11.5. The lowest BCUT2D eigenvalue weighted by Crippen LogP contribution is -2.21. The van der Waals surface area contributed by atoms with E-state index in [9.17, 15) is 23.1 Å². The molecule has 0 saturated carbocycles. The lowest BCUT2D eigenvalue weighted by Gasteiger charge is -2.19. The number of nitrogens with zero attached hydrogens (tertiary/aromatic N) is 3. The van der Waals surface area contributed by atoms with Gasteiger partial charge in [-0.05, 0) is 49.3 Å². The quantitative estimate of drug-likeness (QED) is 0.396. The van der Waals surface area contributed by atoms with Crippen molar-refractivity contribution in [1.82, 2.24) is 15.1 Å². The van der Waals surface area contributed by atoms with Gasteiger partial charge in [0.1, 0.15) is 5.82 Å². The van der Waals surface area contributed by atoms with E-state index in [2.05, 4.69) is 21.5 Å². The van der Waals surface area contributed by atoms with Gasteiger partial charge >= 0.3 is 18.1 Å². The smallest absolute Gasteiger partial charge is 0.481 e. The minimum absolute atomic E-state index is 0.418. The first-order valence-corrected chi connectivity index (χ1v) is 11.7. The summed E-state index contributed by atoms with van der Waals surface area (Å²) in [4.78, 5) is 29.7. The highest BCUT2D eigenvalue weighted by Gasteiger charge is 2.38. The first-order valence-electron chi connectivity index (χ1n) is 11.7. The molecule has 0 saturated heterocycles. The lowest BCUT2D eigenvalue weighted by molar-refractivity contribution is -0.192. The van der Waals surface area contributed by atoms with E-state index in [1.165, 1.54) is 11.1 Å². The molecule has 3 aromatic rings. The monoisotopic (exact) mass is 520 g/mol. The number of hydrogen-bond donors (Lipinski definition) is 3. The summed E-state index contributed by atoms with van der Waals surface area (Å²) >= 11 is 0. The van der Waals surface area contributed by atoms with Crippen LogP contribution in [0.15, 0.2) is 40.9 Å². The molecule has 0 aliphatic carbocycles. The summed E-state index contributed by atoms with van der Waals surface area (Å²) in [7, 11) is 0. The Morgan fingerprint density at radius 3 is 2.46 bits per heavy atom. The highest BCUT2D eigenvalue weighted by Crippen LogP contribution is 2.24. The Balaban J connectivity index is 0.000000479. The van der Waals surface area contributed by atoms with E-state index in [4.69, 9.17) is 19.4 Å².